The molecule has 2 aliphatic rings. The van der Waals surface area contributed by atoms with Crippen molar-refractivity contribution in [2.24, 2.45) is 0 Å². The van der Waals surface area contributed by atoms with Crippen molar-refractivity contribution in [2.75, 3.05) is 5.32 Å². The Morgan fingerprint density at radius 2 is 1.86 bits per heavy atom. The molecule has 2 N–H and O–H groups in total. The van der Waals surface area contributed by atoms with E-state index in [1.807, 2.05) is 0 Å². The van der Waals surface area contributed by atoms with Crippen molar-refractivity contribution in [1.29, 1.82) is 0 Å². The smallest absolute Gasteiger partial charge is 0.319 e. The number of rotatable bonds is 3. The van der Waals surface area contributed by atoms with Gasteiger partial charge < -0.3 is 10.6 Å². The van der Waals surface area contributed by atoms with Gasteiger partial charge in [-0.25, -0.2) is 4.79 Å². The minimum atomic E-state index is -0.309. The van der Waals surface area contributed by atoms with Gasteiger partial charge in [0.2, 0.25) is 0 Å². The summed E-state index contributed by atoms with van der Waals surface area (Å²) in [5.41, 5.74) is 1.25. The third-order valence-corrected chi connectivity index (χ3v) is 3.60. The summed E-state index contributed by atoms with van der Waals surface area (Å²) in [4.78, 5) is 37.3. The van der Waals surface area contributed by atoms with Crippen LogP contribution in [0.5, 0.6) is 0 Å². The average molecular weight is 287 g/mol. The number of hydrogen-bond donors (Lipinski definition) is 2. The predicted octanol–water partition coefficient (Wildman–Crippen LogP) is 1.97. The van der Waals surface area contributed by atoms with Gasteiger partial charge in [0.15, 0.2) is 0 Å². The predicted molar refractivity (Wildman–Crippen MR) is 77.3 cm³/mol. The molecule has 21 heavy (non-hydrogen) atoms. The van der Waals surface area contributed by atoms with Crippen LogP contribution in [0.4, 0.5) is 10.5 Å². The van der Waals surface area contributed by atoms with Crippen molar-refractivity contribution in [3.05, 3.63) is 29.3 Å². The molecule has 110 valence electrons. The van der Waals surface area contributed by atoms with Crippen LogP contribution in [0.15, 0.2) is 18.2 Å². The van der Waals surface area contributed by atoms with Gasteiger partial charge >= 0.3 is 6.03 Å². The lowest BCUT2D eigenvalue weighted by molar-refractivity contribution is 0.0609. The quantitative estimate of drug-likeness (QED) is 0.834. The zero-order valence-corrected chi connectivity index (χ0v) is 12.0. The molecule has 1 heterocycles. The summed E-state index contributed by atoms with van der Waals surface area (Å²) in [6.07, 6.45) is 2.02. The molecule has 0 unspecified atom stereocenters. The van der Waals surface area contributed by atoms with E-state index in [1.54, 1.807) is 32.0 Å². The Labute approximate surface area is 122 Å². The normalized spacial score (nSPS) is 17.2. The molecule has 1 aliphatic carbocycles. The molecule has 0 aromatic heterocycles. The fourth-order valence-corrected chi connectivity index (χ4v) is 2.39. The van der Waals surface area contributed by atoms with Crippen LogP contribution in [-0.4, -0.2) is 34.8 Å². The van der Waals surface area contributed by atoms with E-state index >= 15 is 0 Å². The van der Waals surface area contributed by atoms with Crippen LogP contribution < -0.4 is 10.6 Å². The highest BCUT2D eigenvalue weighted by Crippen LogP contribution is 2.27. The number of carbonyl (C=O) groups excluding carboxylic acids is 3. The fourth-order valence-electron chi connectivity index (χ4n) is 2.39. The lowest BCUT2D eigenvalue weighted by atomic mass is 10.1. The van der Waals surface area contributed by atoms with Gasteiger partial charge in [0, 0.05) is 17.8 Å². The Hall–Kier alpha value is -2.37. The van der Waals surface area contributed by atoms with Gasteiger partial charge in [-0.3, -0.25) is 14.5 Å². The lowest BCUT2D eigenvalue weighted by Gasteiger charge is -2.17. The molecule has 1 aromatic rings. The highest BCUT2D eigenvalue weighted by Gasteiger charge is 2.37. The number of imide groups is 1. The second-order valence-corrected chi connectivity index (χ2v) is 5.71. The summed E-state index contributed by atoms with van der Waals surface area (Å²) in [7, 11) is 0. The number of amides is 4. The zero-order valence-electron chi connectivity index (χ0n) is 12.0. The molecule has 0 bridgehead atoms. The van der Waals surface area contributed by atoms with Crippen LogP contribution in [0.1, 0.15) is 47.4 Å². The second-order valence-electron chi connectivity index (χ2n) is 5.71. The molecule has 1 saturated carbocycles. The topological polar surface area (TPSA) is 78.5 Å². The van der Waals surface area contributed by atoms with Gasteiger partial charge in [-0.05, 0) is 44.9 Å². The van der Waals surface area contributed by atoms with E-state index < -0.39 is 0 Å². The molecule has 0 spiro atoms. The molecule has 0 radical (unpaired) electrons. The number of carbonyl (C=O) groups is 3. The van der Waals surface area contributed by atoms with Crippen molar-refractivity contribution in [2.45, 2.75) is 38.8 Å². The summed E-state index contributed by atoms with van der Waals surface area (Å²) >= 11 is 0. The van der Waals surface area contributed by atoms with E-state index in [4.69, 9.17) is 0 Å². The van der Waals surface area contributed by atoms with Gasteiger partial charge in [-0.2, -0.15) is 0 Å². The molecule has 0 atom stereocenters. The minimum Gasteiger partial charge on any atom is -0.335 e. The average Bonchev–Trinajstić information content (AvgIpc) is 3.17. The van der Waals surface area contributed by atoms with Crippen LogP contribution in [0, 0.1) is 0 Å². The number of hydrogen-bond acceptors (Lipinski definition) is 3. The van der Waals surface area contributed by atoms with Crippen LogP contribution >= 0.6 is 0 Å². The van der Waals surface area contributed by atoms with Gasteiger partial charge in [-0.1, -0.05) is 0 Å². The number of anilines is 1. The highest BCUT2D eigenvalue weighted by molar-refractivity contribution is 6.22. The molecule has 1 aromatic carbocycles. The van der Waals surface area contributed by atoms with E-state index in [1.165, 1.54) is 4.90 Å². The number of nitrogens with zero attached hydrogens (tertiary/aromatic N) is 1. The molecular formula is C15H17N3O3. The zero-order chi connectivity index (χ0) is 15.1. The maximum absolute atomic E-state index is 12.3. The summed E-state index contributed by atoms with van der Waals surface area (Å²) < 4.78 is 0. The Morgan fingerprint density at radius 3 is 2.48 bits per heavy atom. The maximum atomic E-state index is 12.3. The third kappa shape index (κ3) is 2.49. The Bertz CT molecular complexity index is 635. The van der Waals surface area contributed by atoms with Gasteiger partial charge in [-0.15, -0.1) is 0 Å². The van der Waals surface area contributed by atoms with E-state index in [9.17, 15) is 14.4 Å². The summed E-state index contributed by atoms with van der Waals surface area (Å²) in [5, 5.41) is 5.50. The van der Waals surface area contributed by atoms with Gasteiger partial charge in [0.1, 0.15) is 0 Å². The van der Waals surface area contributed by atoms with Crippen LogP contribution in [0.2, 0.25) is 0 Å². The first-order valence-electron chi connectivity index (χ1n) is 7.07. The third-order valence-electron chi connectivity index (χ3n) is 3.60. The molecule has 6 heteroatoms. The lowest BCUT2D eigenvalue weighted by Crippen LogP contribution is -2.35. The van der Waals surface area contributed by atoms with Crippen molar-refractivity contribution in [3.8, 4) is 0 Å². The highest BCUT2D eigenvalue weighted by atomic mass is 16.2. The molecule has 1 fully saturated rings. The van der Waals surface area contributed by atoms with Crippen molar-refractivity contribution in [3.63, 3.8) is 0 Å². The number of benzene rings is 1. The van der Waals surface area contributed by atoms with E-state index in [0.29, 0.717) is 16.8 Å². The Morgan fingerprint density at radius 1 is 1.19 bits per heavy atom. The van der Waals surface area contributed by atoms with Crippen molar-refractivity contribution < 1.29 is 14.4 Å². The van der Waals surface area contributed by atoms with Crippen LogP contribution in [-0.2, 0) is 0 Å². The molecule has 3 rings (SSSR count). The molecule has 0 saturated heterocycles. The first-order chi connectivity index (χ1) is 9.97. The second kappa shape index (κ2) is 4.87. The van der Waals surface area contributed by atoms with Crippen molar-refractivity contribution in [1.82, 2.24) is 10.2 Å². The Kier molecular flexibility index (Phi) is 3.16. The maximum Gasteiger partial charge on any atom is 0.319 e. The van der Waals surface area contributed by atoms with Crippen LogP contribution in [0.25, 0.3) is 0 Å². The number of fused-ring (bicyclic) bond motifs is 1. The van der Waals surface area contributed by atoms with Crippen molar-refractivity contribution >= 4 is 23.5 Å². The van der Waals surface area contributed by atoms with Crippen LogP contribution in [0.3, 0.4) is 0 Å². The number of urea groups is 1. The Balaban J connectivity index is 1.81. The largest absolute Gasteiger partial charge is 0.335 e. The monoisotopic (exact) mass is 287 g/mol. The summed E-state index contributed by atoms with van der Waals surface area (Å²) in [6, 6.07) is 4.58. The van der Waals surface area contributed by atoms with E-state index in [-0.39, 0.29) is 29.9 Å². The molecule has 4 amide bonds. The first-order valence-corrected chi connectivity index (χ1v) is 7.07. The van der Waals surface area contributed by atoms with E-state index in [2.05, 4.69) is 10.6 Å². The molecule has 1 aliphatic heterocycles. The minimum absolute atomic E-state index is 0.188. The summed E-state index contributed by atoms with van der Waals surface area (Å²) in [6.45, 7) is 3.59. The standard InChI is InChI=1S/C15H17N3O3/c1-8(2)18-13(19)11-6-5-10(7-12(11)14(18)20)17-15(21)16-9-3-4-9/h5-9H,3-4H2,1-2H3,(H2,16,17,21). The molecule has 6 nitrogen and oxygen atoms in total. The summed E-state index contributed by atoms with van der Waals surface area (Å²) in [5.74, 6) is -0.588. The van der Waals surface area contributed by atoms with Gasteiger partial charge in [0.25, 0.3) is 11.8 Å². The molecular weight excluding hydrogens is 270 g/mol. The van der Waals surface area contributed by atoms with Gasteiger partial charge in [0.05, 0.1) is 11.1 Å². The number of nitrogens with one attached hydrogen (secondary N) is 2. The fraction of sp³-hybridized carbons (Fsp3) is 0.400. The van der Waals surface area contributed by atoms with E-state index in [0.717, 1.165) is 12.8 Å². The first kappa shape index (κ1) is 13.6. The SMILES string of the molecule is CC(C)N1C(=O)c2ccc(NC(=O)NC3CC3)cc2C1=O.